The fourth-order valence-electron chi connectivity index (χ4n) is 3.65. The van der Waals surface area contributed by atoms with E-state index < -0.39 is 5.82 Å². The molecule has 0 saturated carbocycles. The monoisotopic (exact) mass is 367 g/mol. The van der Waals surface area contributed by atoms with Crippen molar-refractivity contribution in [3.8, 4) is 0 Å². The first-order chi connectivity index (χ1) is 11.8. The topological polar surface area (TPSA) is 43.9 Å². The van der Waals surface area contributed by atoms with E-state index in [1.54, 1.807) is 25.1 Å². The summed E-state index contributed by atoms with van der Waals surface area (Å²) in [6.45, 7) is 2.06. The highest BCUT2D eigenvalue weighted by Gasteiger charge is 2.41. The maximum Gasteiger partial charge on any atom is 0.241 e. The van der Waals surface area contributed by atoms with E-state index in [-0.39, 0.29) is 35.3 Å². The zero-order valence-corrected chi connectivity index (χ0v) is 15.3. The lowest BCUT2D eigenvalue weighted by Gasteiger charge is -2.36. The Morgan fingerprint density at radius 2 is 2.08 bits per heavy atom. The van der Waals surface area contributed by atoms with E-state index >= 15 is 0 Å². The largest absolute Gasteiger partial charge is 0.347 e. The number of halogens is 2. The van der Waals surface area contributed by atoms with Gasteiger partial charge in [0, 0.05) is 39.8 Å². The first kappa shape index (κ1) is 18.1. The highest BCUT2D eigenvalue weighted by atomic mass is 35.5. The van der Waals surface area contributed by atoms with Crippen molar-refractivity contribution >= 4 is 23.4 Å². The van der Waals surface area contributed by atoms with Gasteiger partial charge in [0.25, 0.3) is 0 Å². The zero-order chi connectivity index (χ0) is 18.1. The molecule has 2 amide bonds. The van der Waals surface area contributed by atoms with Crippen molar-refractivity contribution in [2.45, 2.75) is 25.4 Å². The number of carbonyl (C=O) groups is 2. The number of rotatable bonds is 4. The summed E-state index contributed by atoms with van der Waals surface area (Å²) in [6, 6.07) is 4.86. The number of hydrogen-bond donors (Lipinski definition) is 0. The second-order valence-electron chi connectivity index (χ2n) is 7.12. The quantitative estimate of drug-likeness (QED) is 0.817. The molecular formula is C18H23ClFN3O2. The first-order valence-corrected chi connectivity index (χ1v) is 8.90. The number of hydrogen-bond acceptors (Lipinski definition) is 3. The highest BCUT2D eigenvalue weighted by Crippen LogP contribution is 2.30. The van der Waals surface area contributed by atoms with Crippen LogP contribution in [0.5, 0.6) is 0 Å². The summed E-state index contributed by atoms with van der Waals surface area (Å²) in [5.41, 5.74) is 0.839. The van der Waals surface area contributed by atoms with Gasteiger partial charge in [-0.25, -0.2) is 4.39 Å². The molecule has 0 aromatic heterocycles. The molecular weight excluding hydrogens is 345 g/mol. The summed E-state index contributed by atoms with van der Waals surface area (Å²) in [5.74, 6) is -0.513. The summed E-state index contributed by atoms with van der Waals surface area (Å²) >= 11 is 5.74. The minimum absolute atomic E-state index is 0.0345. The number of fused-ring (bicyclic) bond motifs is 4. The van der Waals surface area contributed by atoms with Gasteiger partial charge in [0.2, 0.25) is 11.8 Å². The Labute approximate surface area is 152 Å². The Morgan fingerprint density at radius 3 is 2.76 bits per heavy atom. The Kier molecular flexibility index (Phi) is 5.29. The molecule has 3 heterocycles. The average Bonchev–Trinajstić information content (AvgIpc) is 2.82. The summed E-state index contributed by atoms with van der Waals surface area (Å²) in [4.78, 5) is 30.2. The van der Waals surface area contributed by atoms with Crippen LogP contribution in [-0.4, -0.2) is 66.3 Å². The molecule has 1 aromatic rings. The molecule has 4 rings (SSSR count). The van der Waals surface area contributed by atoms with E-state index in [0.29, 0.717) is 19.6 Å². The van der Waals surface area contributed by atoms with Crippen molar-refractivity contribution < 1.29 is 14.0 Å². The molecule has 0 radical (unpaired) electrons. The lowest BCUT2D eigenvalue weighted by molar-refractivity contribution is -0.145. The number of amides is 2. The van der Waals surface area contributed by atoms with Crippen LogP contribution in [0.15, 0.2) is 18.2 Å². The maximum absolute atomic E-state index is 13.7. The Hall–Kier alpha value is -1.66. The fraction of sp³-hybridized carbons (Fsp3) is 0.556. The third-order valence-corrected chi connectivity index (χ3v) is 5.37. The van der Waals surface area contributed by atoms with Gasteiger partial charge in [-0.15, -0.1) is 0 Å². The molecule has 25 heavy (non-hydrogen) atoms. The molecule has 7 heteroatoms. The molecule has 0 N–H and O–H groups in total. The smallest absolute Gasteiger partial charge is 0.241 e. The van der Waals surface area contributed by atoms with Crippen LogP contribution < -0.4 is 0 Å². The third kappa shape index (κ3) is 3.96. The molecule has 3 saturated heterocycles. The number of carbonyl (C=O) groups excluding carboxylic acids is 2. The van der Waals surface area contributed by atoms with Crippen LogP contribution in [0.2, 0.25) is 5.02 Å². The van der Waals surface area contributed by atoms with Crippen LogP contribution in [0.4, 0.5) is 4.39 Å². The zero-order valence-electron chi connectivity index (χ0n) is 14.5. The van der Waals surface area contributed by atoms with Gasteiger partial charge >= 0.3 is 0 Å². The van der Waals surface area contributed by atoms with E-state index in [9.17, 15) is 14.0 Å². The van der Waals surface area contributed by atoms with Crippen LogP contribution >= 0.6 is 11.6 Å². The number of likely N-dealkylation sites (N-methyl/N-ethyl adjacent to an activating group) is 1. The predicted octanol–water partition coefficient (Wildman–Crippen LogP) is 1.99. The highest BCUT2D eigenvalue weighted by molar-refractivity contribution is 6.30. The van der Waals surface area contributed by atoms with Crippen molar-refractivity contribution in [2.75, 3.05) is 33.7 Å². The molecule has 0 unspecified atom stereocenters. The first-order valence-electron chi connectivity index (χ1n) is 8.52. The molecule has 1 aromatic carbocycles. The number of nitrogens with zero attached hydrogens (tertiary/aromatic N) is 3. The molecule has 3 aliphatic rings. The van der Waals surface area contributed by atoms with Gasteiger partial charge < -0.3 is 9.80 Å². The minimum Gasteiger partial charge on any atom is -0.347 e. The van der Waals surface area contributed by atoms with E-state index in [4.69, 9.17) is 11.6 Å². The molecule has 0 spiro atoms. The summed E-state index contributed by atoms with van der Waals surface area (Å²) in [5, 5.41) is 0.114. The van der Waals surface area contributed by atoms with E-state index in [1.807, 2.05) is 6.07 Å². The Balaban J connectivity index is 1.73. The van der Waals surface area contributed by atoms with Crippen LogP contribution in [0, 0.1) is 11.7 Å². The van der Waals surface area contributed by atoms with E-state index in [2.05, 4.69) is 4.90 Å². The standard InChI is InChI=1S/C18H23ClFN3O2/c1-21(2)17(24)11-23-14-5-4-13(18(23)25)9-22(10-14)8-12-3-6-15(19)16(20)7-12/h3,6-7,13-14H,4-5,8-11H2,1-2H3/t13-,14+/m1/s1. The van der Waals surface area contributed by atoms with E-state index in [1.165, 1.54) is 11.0 Å². The van der Waals surface area contributed by atoms with Crippen molar-refractivity contribution in [3.63, 3.8) is 0 Å². The van der Waals surface area contributed by atoms with Crippen LogP contribution in [0.1, 0.15) is 18.4 Å². The van der Waals surface area contributed by atoms with Crippen molar-refractivity contribution in [3.05, 3.63) is 34.6 Å². The Morgan fingerprint density at radius 1 is 1.32 bits per heavy atom. The van der Waals surface area contributed by atoms with Gasteiger partial charge in [-0.3, -0.25) is 14.5 Å². The normalized spacial score (nSPS) is 23.7. The fourth-order valence-corrected chi connectivity index (χ4v) is 3.77. The van der Waals surface area contributed by atoms with Crippen LogP contribution in [0.25, 0.3) is 0 Å². The average molecular weight is 368 g/mol. The number of piperidine rings is 1. The minimum atomic E-state index is -0.425. The molecule has 2 atom stereocenters. The van der Waals surface area contributed by atoms with Crippen molar-refractivity contribution in [1.82, 2.24) is 14.7 Å². The van der Waals surface area contributed by atoms with Gasteiger partial charge in [-0.2, -0.15) is 0 Å². The third-order valence-electron chi connectivity index (χ3n) is 5.06. The summed E-state index contributed by atoms with van der Waals surface area (Å²) < 4.78 is 13.7. The van der Waals surface area contributed by atoms with Gasteiger partial charge in [0.15, 0.2) is 0 Å². The second-order valence-corrected chi connectivity index (χ2v) is 7.53. The van der Waals surface area contributed by atoms with Gasteiger partial charge in [-0.1, -0.05) is 17.7 Å². The lowest BCUT2D eigenvalue weighted by Crippen LogP contribution is -2.51. The van der Waals surface area contributed by atoms with Gasteiger partial charge in [-0.05, 0) is 30.5 Å². The SMILES string of the molecule is CN(C)C(=O)CN1C(=O)[C@@H]2CC[C@H]1CN(Cc1ccc(Cl)c(F)c1)C2. The number of benzene rings is 1. The molecule has 3 fully saturated rings. The van der Waals surface area contributed by atoms with Crippen molar-refractivity contribution in [2.24, 2.45) is 5.92 Å². The van der Waals surface area contributed by atoms with Gasteiger partial charge in [0.1, 0.15) is 12.4 Å². The van der Waals surface area contributed by atoms with E-state index in [0.717, 1.165) is 18.4 Å². The molecule has 136 valence electrons. The van der Waals surface area contributed by atoms with Crippen molar-refractivity contribution in [1.29, 1.82) is 0 Å². The molecule has 0 aliphatic carbocycles. The summed E-state index contributed by atoms with van der Waals surface area (Å²) in [7, 11) is 3.40. The summed E-state index contributed by atoms with van der Waals surface area (Å²) in [6.07, 6.45) is 1.75. The van der Waals surface area contributed by atoms with Crippen LogP contribution in [0.3, 0.4) is 0 Å². The molecule has 2 bridgehead atoms. The molecule has 3 aliphatic heterocycles. The van der Waals surface area contributed by atoms with Gasteiger partial charge in [0.05, 0.1) is 10.9 Å². The predicted molar refractivity (Wildman–Crippen MR) is 93.6 cm³/mol. The maximum atomic E-state index is 13.7. The second kappa shape index (κ2) is 7.30. The van der Waals surface area contributed by atoms with Crippen LogP contribution in [-0.2, 0) is 16.1 Å². The molecule has 5 nitrogen and oxygen atoms in total. The lowest BCUT2D eigenvalue weighted by atomic mass is 9.94. The Bertz CT molecular complexity index is 682.